The Labute approximate surface area is 66.1 Å². The highest BCUT2D eigenvalue weighted by Crippen LogP contribution is 1.86. The average Bonchev–Trinajstić information content (AvgIpc) is 2.00. The van der Waals surface area contributed by atoms with Gasteiger partial charge in [-0.25, -0.2) is 0 Å². The van der Waals surface area contributed by atoms with Crippen LogP contribution in [0.3, 0.4) is 0 Å². The molecule has 0 bridgehead atoms. The minimum atomic E-state index is -0.394. The Morgan fingerprint density at radius 3 is 2.91 bits per heavy atom. The molecule has 1 unspecified atom stereocenters. The summed E-state index contributed by atoms with van der Waals surface area (Å²) >= 11 is 0. The molecule has 0 heterocycles. The number of rotatable bonds is 4. The van der Waals surface area contributed by atoms with Crippen molar-refractivity contribution in [3.63, 3.8) is 0 Å². The molecule has 0 aliphatic heterocycles. The van der Waals surface area contributed by atoms with E-state index in [1.165, 1.54) is 0 Å². The number of carbonyl (C=O) groups excluding carboxylic acids is 1. The molecule has 4 nitrogen and oxygen atoms in total. The van der Waals surface area contributed by atoms with Crippen LogP contribution in [0, 0.1) is 11.3 Å². The van der Waals surface area contributed by atoms with Crippen LogP contribution in [0.15, 0.2) is 0 Å². The van der Waals surface area contributed by atoms with E-state index in [1.807, 2.05) is 6.07 Å². The van der Waals surface area contributed by atoms with Crippen LogP contribution in [0.4, 0.5) is 0 Å². The molecule has 1 N–H and O–H groups in total. The van der Waals surface area contributed by atoms with Gasteiger partial charge in [0.25, 0.3) is 0 Å². The van der Waals surface area contributed by atoms with Crippen LogP contribution >= 0.6 is 0 Å². The minimum absolute atomic E-state index is 0.167. The molecule has 0 fully saturated rings. The van der Waals surface area contributed by atoms with Gasteiger partial charge in [0.05, 0.1) is 19.2 Å². The highest BCUT2D eigenvalue weighted by Gasteiger charge is 2.11. The predicted molar refractivity (Wildman–Crippen MR) is 39.7 cm³/mol. The van der Waals surface area contributed by atoms with Crippen LogP contribution < -0.4 is 5.32 Å². The Hall–Kier alpha value is -1.08. The van der Waals surface area contributed by atoms with Crippen LogP contribution in [0.1, 0.15) is 13.8 Å². The van der Waals surface area contributed by atoms with Crippen molar-refractivity contribution in [2.45, 2.75) is 19.9 Å². The van der Waals surface area contributed by atoms with Crippen molar-refractivity contribution in [1.29, 1.82) is 5.26 Å². The van der Waals surface area contributed by atoms with Crippen molar-refractivity contribution in [3.05, 3.63) is 0 Å². The number of carbonyl (C=O) groups is 1. The van der Waals surface area contributed by atoms with Crippen LogP contribution in [0.25, 0.3) is 0 Å². The van der Waals surface area contributed by atoms with Gasteiger partial charge in [-0.15, -0.1) is 0 Å². The SMILES string of the molecule is CCOC(=O)C(C)NCC#N. The molecule has 0 spiro atoms. The summed E-state index contributed by atoms with van der Waals surface area (Å²) in [6.45, 7) is 3.95. The smallest absolute Gasteiger partial charge is 0.322 e. The molecule has 0 rings (SSSR count). The van der Waals surface area contributed by atoms with E-state index in [1.54, 1.807) is 13.8 Å². The summed E-state index contributed by atoms with van der Waals surface area (Å²) < 4.78 is 4.69. The number of esters is 1. The second-order valence-electron chi connectivity index (χ2n) is 2.01. The van der Waals surface area contributed by atoms with E-state index in [2.05, 4.69) is 10.1 Å². The van der Waals surface area contributed by atoms with Gasteiger partial charge >= 0.3 is 5.97 Å². The summed E-state index contributed by atoms with van der Waals surface area (Å²) in [5, 5.41) is 10.8. The molecule has 0 aliphatic rings. The lowest BCUT2D eigenvalue weighted by Gasteiger charge is -2.08. The number of nitrogens with one attached hydrogen (secondary N) is 1. The van der Waals surface area contributed by atoms with E-state index in [0.717, 1.165) is 0 Å². The van der Waals surface area contributed by atoms with Crippen molar-refractivity contribution >= 4 is 5.97 Å². The molecule has 0 aromatic carbocycles. The van der Waals surface area contributed by atoms with Crippen LogP contribution in [-0.2, 0) is 9.53 Å². The molecule has 0 amide bonds. The fraction of sp³-hybridized carbons (Fsp3) is 0.714. The number of nitriles is 1. The first-order valence-electron chi connectivity index (χ1n) is 3.49. The Bertz CT molecular complexity index is 162. The van der Waals surface area contributed by atoms with E-state index in [4.69, 9.17) is 5.26 Å². The van der Waals surface area contributed by atoms with E-state index in [9.17, 15) is 4.79 Å². The largest absolute Gasteiger partial charge is 0.465 e. The second-order valence-corrected chi connectivity index (χ2v) is 2.01. The zero-order chi connectivity index (χ0) is 8.69. The van der Waals surface area contributed by atoms with Crippen LogP contribution in [0.5, 0.6) is 0 Å². The summed E-state index contributed by atoms with van der Waals surface area (Å²) in [5.74, 6) is -0.317. The quantitative estimate of drug-likeness (QED) is 0.461. The monoisotopic (exact) mass is 156 g/mol. The van der Waals surface area contributed by atoms with Gasteiger partial charge in [0, 0.05) is 0 Å². The van der Waals surface area contributed by atoms with E-state index in [-0.39, 0.29) is 12.5 Å². The highest BCUT2D eigenvalue weighted by molar-refractivity contribution is 5.75. The first-order valence-corrected chi connectivity index (χ1v) is 3.49. The normalized spacial score (nSPS) is 11.7. The molecule has 0 radical (unpaired) electrons. The van der Waals surface area contributed by atoms with Gasteiger partial charge in [-0.3, -0.25) is 10.1 Å². The topological polar surface area (TPSA) is 62.1 Å². The maximum Gasteiger partial charge on any atom is 0.322 e. The van der Waals surface area contributed by atoms with Gasteiger partial charge in [-0.2, -0.15) is 5.26 Å². The highest BCUT2D eigenvalue weighted by atomic mass is 16.5. The van der Waals surface area contributed by atoms with Crippen molar-refractivity contribution in [2.24, 2.45) is 0 Å². The molecule has 0 aromatic rings. The number of ether oxygens (including phenoxy) is 1. The van der Waals surface area contributed by atoms with Gasteiger partial charge in [0.1, 0.15) is 6.04 Å². The number of hydrogen-bond acceptors (Lipinski definition) is 4. The van der Waals surface area contributed by atoms with E-state index >= 15 is 0 Å². The standard InChI is InChI=1S/C7H12N2O2/c1-3-11-7(10)6(2)9-5-4-8/h6,9H,3,5H2,1-2H3. The van der Waals surface area contributed by atoms with E-state index in [0.29, 0.717) is 6.61 Å². The van der Waals surface area contributed by atoms with Crippen molar-refractivity contribution < 1.29 is 9.53 Å². The van der Waals surface area contributed by atoms with Gasteiger partial charge in [0.2, 0.25) is 0 Å². The molecule has 0 saturated heterocycles. The molecule has 1 atom stereocenters. The molecule has 62 valence electrons. The van der Waals surface area contributed by atoms with Crippen molar-refractivity contribution in [1.82, 2.24) is 5.32 Å². The lowest BCUT2D eigenvalue weighted by atomic mass is 10.3. The summed E-state index contributed by atoms with van der Waals surface area (Å²) in [7, 11) is 0. The van der Waals surface area contributed by atoms with Gasteiger partial charge < -0.3 is 4.74 Å². The second kappa shape index (κ2) is 5.69. The maximum atomic E-state index is 10.9. The predicted octanol–water partition coefficient (Wildman–Crippen LogP) is 0.0512. The summed E-state index contributed by atoms with van der Waals surface area (Å²) in [6.07, 6.45) is 0. The Morgan fingerprint density at radius 2 is 2.45 bits per heavy atom. The Kier molecular flexibility index (Phi) is 5.13. The van der Waals surface area contributed by atoms with E-state index < -0.39 is 6.04 Å². The summed E-state index contributed by atoms with van der Waals surface area (Å²) in [4.78, 5) is 10.9. The molecule has 0 aromatic heterocycles. The summed E-state index contributed by atoms with van der Waals surface area (Å²) in [5.41, 5.74) is 0. The fourth-order valence-corrected chi connectivity index (χ4v) is 0.549. The lowest BCUT2D eigenvalue weighted by molar-refractivity contribution is -0.145. The average molecular weight is 156 g/mol. The third kappa shape index (κ3) is 4.34. The zero-order valence-corrected chi connectivity index (χ0v) is 6.76. The summed E-state index contributed by atoms with van der Waals surface area (Å²) in [6, 6.07) is 1.48. The molecular weight excluding hydrogens is 144 g/mol. The molecule has 4 heteroatoms. The zero-order valence-electron chi connectivity index (χ0n) is 6.76. The number of hydrogen-bond donors (Lipinski definition) is 1. The minimum Gasteiger partial charge on any atom is -0.465 e. The van der Waals surface area contributed by atoms with Gasteiger partial charge in [-0.05, 0) is 13.8 Å². The molecular formula is C7H12N2O2. The fourth-order valence-electron chi connectivity index (χ4n) is 0.549. The number of nitrogens with zero attached hydrogens (tertiary/aromatic N) is 1. The first kappa shape index (κ1) is 9.92. The maximum absolute atomic E-state index is 10.9. The molecule has 0 saturated carbocycles. The van der Waals surface area contributed by atoms with Crippen molar-refractivity contribution in [2.75, 3.05) is 13.2 Å². The molecule has 11 heavy (non-hydrogen) atoms. The third-order valence-electron chi connectivity index (χ3n) is 1.13. The Balaban J connectivity index is 3.57. The molecule has 0 aliphatic carbocycles. The van der Waals surface area contributed by atoms with Gasteiger partial charge in [0.15, 0.2) is 0 Å². The van der Waals surface area contributed by atoms with Crippen molar-refractivity contribution in [3.8, 4) is 6.07 Å². The van der Waals surface area contributed by atoms with Gasteiger partial charge in [-0.1, -0.05) is 0 Å². The Morgan fingerprint density at radius 1 is 1.82 bits per heavy atom. The third-order valence-corrected chi connectivity index (χ3v) is 1.13. The van der Waals surface area contributed by atoms with Crippen LogP contribution in [-0.4, -0.2) is 25.2 Å². The first-order chi connectivity index (χ1) is 5.22. The lowest BCUT2D eigenvalue weighted by Crippen LogP contribution is -2.35. The van der Waals surface area contributed by atoms with Crippen LogP contribution in [0.2, 0.25) is 0 Å².